The molecule has 1 amide bonds. The molecule has 0 aromatic heterocycles. The number of hydrogen-bond donors (Lipinski definition) is 1. The average Bonchev–Trinajstić information content (AvgIpc) is 3.20. The molecular formula is C21H33N3O3S. The highest BCUT2D eigenvalue weighted by Crippen LogP contribution is 2.22. The van der Waals surface area contributed by atoms with E-state index in [0.717, 1.165) is 18.4 Å². The number of nitrogens with zero attached hydrogens (tertiary/aromatic N) is 2. The van der Waals surface area contributed by atoms with E-state index < -0.39 is 10.0 Å². The van der Waals surface area contributed by atoms with Gasteiger partial charge in [0, 0.05) is 32.2 Å². The average molecular weight is 408 g/mol. The Morgan fingerprint density at radius 2 is 1.57 bits per heavy atom. The molecule has 1 N–H and O–H groups in total. The zero-order chi connectivity index (χ0) is 20.3. The van der Waals surface area contributed by atoms with Gasteiger partial charge in [-0.25, -0.2) is 8.42 Å². The van der Waals surface area contributed by atoms with Gasteiger partial charge in [-0.3, -0.25) is 9.69 Å². The molecule has 2 fully saturated rings. The monoisotopic (exact) mass is 407 g/mol. The van der Waals surface area contributed by atoms with Crippen LogP contribution < -0.4 is 5.32 Å². The lowest BCUT2D eigenvalue weighted by atomic mass is 10.0. The Morgan fingerprint density at radius 3 is 2.11 bits per heavy atom. The summed E-state index contributed by atoms with van der Waals surface area (Å²) in [5, 5.41) is 3.15. The number of amides is 1. The Bertz CT molecular complexity index is 763. The molecule has 0 spiro atoms. The van der Waals surface area contributed by atoms with Crippen molar-refractivity contribution in [3.05, 3.63) is 29.8 Å². The summed E-state index contributed by atoms with van der Waals surface area (Å²) in [5.41, 5.74) is 1.13. The van der Waals surface area contributed by atoms with Crippen LogP contribution in [0.25, 0.3) is 0 Å². The summed E-state index contributed by atoms with van der Waals surface area (Å²) in [5.74, 6) is 0.435. The zero-order valence-electron chi connectivity index (χ0n) is 17.2. The second-order valence-electron chi connectivity index (χ2n) is 8.33. The van der Waals surface area contributed by atoms with Crippen molar-refractivity contribution in [2.45, 2.75) is 69.4 Å². The van der Waals surface area contributed by atoms with Gasteiger partial charge in [0.25, 0.3) is 0 Å². The Balaban J connectivity index is 1.56. The highest BCUT2D eigenvalue weighted by molar-refractivity contribution is 7.89. The fourth-order valence-corrected chi connectivity index (χ4v) is 5.48. The molecule has 0 radical (unpaired) electrons. The van der Waals surface area contributed by atoms with Gasteiger partial charge in [-0.15, -0.1) is 0 Å². The predicted octanol–water partition coefficient (Wildman–Crippen LogP) is 2.56. The lowest BCUT2D eigenvalue weighted by molar-refractivity contribution is -0.127. The van der Waals surface area contributed by atoms with Gasteiger partial charge in [-0.1, -0.05) is 38.8 Å². The number of piperazine rings is 1. The first-order chi connectivity index (χ1) is 13.3. The lowest BCUT2D eigenvalue weighted by Gasteiger charge is -2.37. The molecule has 2 aliphatic rings. The molecule has 1 saturated heterocycles. The summed E-state index contributed by atoms with van der Waals surface area (Å²) in [6, 6.07) is 7.27. The minimum Gasteiger partial charge on any atom is -0.352 e. The normalized spacial score (nSPS) is 21.1. The number of nitrogens with one attached hydrogen (secondary N) is 1. The molecule has 1 saturated carbocycles. The van der Waals surface area contributed by atoms with Crippen LogP contribution in [0.15, 0.2) is 29.2 Å². The van der Waals surface area contributed by atoms with Gasteiger partial charge in [-0.05, 0) is 43.4 Å². The van der Waals surface area contributed by atoms with Gasteiger partial charge in [0.05, 0.1) is 10.9 Å². The largest absolute Gasteiger partial charge is 0.352 e. The number of carbonyl (C=O) groups excluding carboxylic acids is 1. The van der Waals surface area contributed by atoms with Crippen LogP contribution in [0.3, 0.4) is 0 Å². The van der Waals surface area contributed by atoms with Gasteiger partial charge in [0.1, 0.15) is 0 Å². The van der Waals surface area contributed by atoms with Gasteiger partial charge >= 0.3 is 0 Å². The molecule has 6 nitrogen and oxygen atoms in total. The van der Waals surface area contributed by atoms with E-state index >= 15 is 0 Å². The van der Waals surface area contributed by atoms with Crippen molar-refractivity contribution in [1.29, 1.82) is 0 Å². The van der Waals surface area contributed by atoms with Gasteiger partial charge in [0.2, 0.25) is 15.9 Å². The Kier molecular flexibility index (Phi) is 6.78. The molecule has 1 aliphatic heterocycles. The van der Waals surface area contributed by atoms with Crippen LogP contribution in [0, 0.1) is 0 Å². The van der Waals surface area contributed by atoms with Crippen LogP contribution in [0.1, 0.15) is 57.9 Å². The van der Waals surface area contributed by atoms with E-state index in [1.54, 1.807) is 12.1 Å². The first-order valence-corrected chi connectivity index (χ1v) is 11.9. The summed E-state index contributed by atoms with van der Waals surface area (Å²) in [7, 11) is -3.49. The summed E-state index contributed by atoms with van der Waals surface area (Å²) in [6.45, 7) is 8.06. The van der Waals surface area contributed by atoms with E-state index in [1.807, 2.05) is 19.1 Å². The highest BCUT2D eigenvalue weighted by atomic mass is 32.2. The maximum atomic E-state index is 12.9. The number of sulfonamides is 1. The first kappa shape index (κ1) is 21.3. The lowest BCUT2D eigenvalue weighted by Crippen LogP contribution is -2.55. The van der Waals surface area contributed by atoms with Gasteiger partial charge < -0.3 is 5.32 Å². The summed E-state index contributed by atoms with van der Waals surface area (Å²) in [6.07, 6.45) is 4.52. The third-order valence-electron chi connectivity index (χ3n) is 6.09. The minimum absolute atomic E-state index is 0.0625. The van der Waals surface area contributed by atoms with Crippen molar-refractivity contribution in [3.8, 4) is 0 Å². The first-order valence-electron chi connectivity index (χ1n) is 10.4. The van der Waals surface area contributed by atoms with Crippen molar-refractivity contribution in [2.24, 2.45) is 0 Å². The molecule has 3 rings (SSSR count). The molecule has 1 aromatic carbocycles. The molecule has 1 aromatic rings. The predicted molar refractivity (Wildman–Crippen MR) is 111 cm³/mol. The van der Waals surface area contributed by atoms with E-state index in [4.69, 9.17) is 0 Å². The highest BCUT2D eigenvalue weighted by Gasteiger charge is 2.32. The molecular weight excluding hydrogens is 374 g/mol. The van der Waals surface area contributed by atoms with Crippen LogP contribution in [0.2, 0.25) is 0 Å². The fourth-order valence-electron chi connectivity index (χ4n) is 4.06. The molecule has 156 valence electrons. The molecule has 1 aliphatic carbocycles. The maximum absolute atomic E-state index is 12.9. The maximum Gasteiger partial charge on any atom is 0.243 e. The molecule has 1 atom stereocenters. The van der Waals surface area contributed by atoms with E-state index in [-0.39, 0.29) is 11.9 Å². The SMILES string of the molecule is CC(C)c1ccc(S(=O)(=O)N2CCN([C@@H](C)C(=O)NC3CCCC3)CC2)cc1. The molecule has 0 bridgehead atoms. The number of carbonyl (C=O) groups is 1. The second kappa shape index (κ2) is 8.93. The molecule has 7 heteroatoms. The third-order valence-corrected chi connectivity index (χ3v) is 8.00. The molecule has 28 heavy (non-hydrogen) atoms. The fraction of sp³-hybridized carbons (Fsp3) is 0.667. The number of hydrogen-bond acceptors (Lipinski definition) is 4. The minimum atomic E-state index is -3.49. The number of benzene rings is 1. The quantitative estimate of drug-likeness (QED) is 0.787. The summed E-state index contributed by atoms with van der Waals surface area (Å²) >= 11 is 0. The van der Waals surface area contributed by atoms with Crippen molar-refractivity contribution >= 4 is 15.9 Å². The third kappa shape index (κ3) is 4.75. The van der Waals surface area contributed by atoms with Crippen molar-refractivity contribution in [1.82, 2.24) is 14.5 Å². The van der Waals surface area contributed by atoms with Crippen molar-refractivity contribution in [3.63, 3.8) is 0 Å². The van der Waals surface area contributed by atoms with E-state index in [1.165, 1.54) is 17.1 Å². The Hall–Kier alpha value is -1.44. The van der Waals surface area contributed by atoms with Crippen LogP contribution in [-0.2, 0) is 14.8 Å². The van der Waals surface area contributed by atoms with E-state index in [0.29, 0.717) is 43.0 Å². The van der Waals surface area contributed by atoms with Crippen LogP contribution >= 0.6 is 0 Å². The number of rotatable bonds is 6. The summed E-state index contributed by atoms with van der Waals surface area (Å²) < 4.78 is 27.4. The topological polar surface area (TPSA) is 69.7 Å². The van der Waals surface area contributed by atoms with Crippen molar-refractivity contribution < 1.29 is 13.2 Å². The molecule has 0 unspecified atom stereocenters. The van der Waals surface area contributed by atoms with Crippen LogP contribution in [0.4, 0.5) is 0 Å². The standard InChI is InChI=1S/C21H33N3O3S/c1-16(2)18-8-10-20(11-9-18)28(26,27)24-14-12-23(13-15-24)17(3)21(25)22-19-6-4-5-7-19/h8-11,16-17,19H,4-7,12-15H2,1-3H3,(H,22,25)/t17-/m0/s1. The van der Waals surface area contributed by atoms with Crippen LogP contribution in [0.5, 0.6) is 0 Å². The molecule has 1 heterocycles. The van der Waals surface area contributed by atoms with Crippen LogP contribution in [-0.4, -0.2) is 61.8 Å². The van der Waals surface area contributed by atoms with E-state index in [2.05, 4.69) is 24.1 Å². The second-order valence-corrected chi connectivity index (χ2v) is 10.3. The van der Waals surface area contributed by atoms with E-state index in [9.17, 15) is 13.2 Å². The Morgan fingerprint density at radius 1 is 1.00 bits per heavy atom. The van der Waals surface area contributed by atoms with Gasteiger partial charge in [-0.2, -0.15) is 4.31 Å². The zero-order valence-corrected chi connectivity index (χ0v) is 18.0. The van der Waals surface area contributed by atoms with Gasteiger partial charge in [0.15, 0.2) is 0 Å². The van der Waals surface area contributed by atoms with Crippen molar-refractivity contribution in [2.75, 3.05) is 26.2 Å². The summed E-state index contributed by atoms with van der Waals surface area (Å²) in [4.78, 5) is 14.9. The Labute approximate surface area is 169 Å². The smallest absolute Gasteiger partial charge is 0.243 e.